The number of carbonyl (C=O) groups is 1. The molecule has 1 N–H and O–H groups in total. The molecule has 0 fully saturated rings. The van der Waals surface area contributed by atoms with Gasteiger partial charge in [0.2, 0.25) is 5.95 Å². The third kappa shape index (κ3) is 3.55. The molecule has 6 rings (SSSR count). The number of benzene rings is 1. The quantitative estimate of drug-likeness (QED) is 0.456. The van der Waals surface area contributed by atoms with Gasteiger partial charge in [-0.3, -0.25) is 14.5 Å². The van der Waals surface area contributed by atoms with Crippen molar-refractivity contribution >= 4 is 16.9 Å². The number of aliphatic hydroxyl groups excluding tert-OH is 1. The number of rotatable bonds is 4. The molecule has 1 atom stereocenters. The van der Waals surface area contributed by atoms with Crippen LogP contribution in [0.15, 0.2) is 43.0 Å². The summed E-state index contributed by atoms with van der Waals surface area (Å²) in [5.41, 5.74) is 6.52. The fourth-order valence-electron chi connectivity index (χ4n) is 5.03. The standard InChI is InChI=1S/C26H22N6O3/c1-15-18(2-3-20-21(15)14-35-25(20)34)24(33)13-31-6-5-22-17(12-31)10-29-26(30-22)32-7-4-19-16(8-27)9-28-11-23(19)32/h2-4,7,9-11,24,33H,5-6,12-14H2,1H3. The lowest BCUT2D eigenvalue weighted by atomic mass is 9.95. The van der Waals surface area contributed by atoms with Gasteiger partial charge in [0.15, 0.2) is 0 Å². The van der Waals surface area contributed by atoms with Gasteiger partial charge in [-0.15, -0.1) is 0 Å². The summed E-state index contributed by atoms with van der Waals surface area (Å²) in [5.74, 6) is 0.250. The molecule has 35 heavy (non-hydrogen) atoms. The summed E-state index contributed by atoms with van der Waals surface area (Å²) in [7, 11) is 0. The van der Waals surface area contributed by atoms with Crippen molar-refractivity contribution in [2.24, 2.45) is 0 Å². The summed E-state index contributed by atoms with van der Waals surface area (Å²) in [5, 5.41) is 21.1. The highest BCUT2D eigenvalue weighted by atomic mass is 16.5. The average molecular weight is 467 g/mol. The summed E-state index contributed by atoms with van der Waals surface area (Å²) in [6.45, 7) is 4.08. The Bertz CT molecular complexity index is 1540. The smallest absolute Gasteiger partial charge is 0.338 e. The lowest BCUT2D eigenvalue weighted by molar-refractivity contribution is 0.0535. The lowest BCUT2D eigenvalue weighted by Crippen LogP contribution is -2.35. The van der Waals surface area contributed by atoms with Gasteiger partial charge in [-0.25, -0.2) is 14.8 Å². The summed E-state index contributed by atoms with van der Waals surface area (Å²) >= 11 is 0. The molecule has 0 aliphatic carbocycles. The van der Waals surface area contributed by atoms with Crippen LogP contribution in [0.5, 0.6) is 0 Å². The normalized spacial score (nSPS) is 16.0. The minimum atomic E-state index is -0.675. The van der Waals surface area contributed by atoms with Crippen LogP contribution in [0.2, 0.25) is 0 Å². The van der Waals surface area contributed by atoms with E-state index in [1.165, 1.54) is 0 Å². The van der Waals surface area contributed by atoms with Crippen molar-refractivity contribution in [2.75, 3.05) is 13.1 Å². The van der Waals surface area contributed by atoms with Gasteiger partial charge in [-0.1, -0.05) is 6.07 Å². The number of ether oxygens (including phenoxy) is 1. The summed E-state index contributed by atoms with van der Waals surface area (Å²) < 4.78 is 6.99. The van der Waals surface area contributed by atoms with Crippen LogP contribution in [-0.4, -0.2) is 48.6 Å². The Morgan fingerprint density at radius 2 is 2.14 bits per heavy atom. The van der Waals surface area contributed by atoms with E-state index in [1.807, 2.05) is 36.0 Å². The van der Waals surface area contributed by atoms with Crippen LogP contribution in [0.25, 0.3) is 16.9 Å². The molecule has 9 nitrogen and oxygen atoms in total. The van der Waals surface area contributed by atoms with Crippen LogP contribution in [0.4, 0.5) is 0 Å². The second-order valence-electron chi connectivity index (χ2n) is 8.94. The number of aliphatic hydroxyl groups is 1. The van der Waals surface area contributed by atoms with Gasteiger partial charge in [0.1, 0.15) is 12.7 Å². The molecule has 3 aromatic heterocycles. The number of nitriles is 1. The maximum Gasteiger partial charge on any atom is 0.338 e. The van der Waals surface area contributed by atoms with Gasteiger partial charge < -0.3 is 9.84 Å². The zero-order valence-corrected chi connectivity index (χ0v) is 19.1. The second kappa shape index (κ2) is 8.27. The molecule has 0 bridgehead atoms. The van der Waals surface area contributed by atoms with E-state index in [9.17, 15) is 15.2 Å². The largest absolute Gasteiger partial charge is 0.457 e. The van der Waals surface area contributed by atoms with Crippen LogP contribution >= 0.6 is 0 Å². The molecule has 2 aliphatic rings. The predicted molar refractivity (Wildman–Crippen MR) is 126 cm³/mol. The van der Waals surface area contributed by atoms with E-state index in [4.69, 9.17) is 9.72 Å². The van der Waals surface area contributed by atoms with E-state index >= 15 is 0 Å². The maximum atomic E-state index is 11.8. The molecule has 0 saturated carbocycles. The van der Waals surface area contributed by atoms with E-state index in [0.29, 0.717) is 30.2 Å². The minimum Gasteiger partial charge on any atom is -0.457 e. The lowest BCUT2D eigenvalue weighted by Gasteiger charge is -2.30. The Kier molecular flexibility index (Phi) is 5.06. The van der Waals surface area contributed by atoms with Gasteiger partial charge >= 0.3 is 5.97 Å². The van der Waals surface area contributed by atoms with Gasteiger partial charge in [-0.2, -0.15) is 5.26 Å². The summed E-state index contributed by atoms with van der Waals surface area (Å²) in [4.78, 5) is 27.5. The molecule has 1 aromatic carbocycles. The first-order valence-corrected chi connectivity index (χ1v) is 11.4. The molecule has 0 radical (unpaired) electrons. The maximum absolute atomic E-state index is 11.8. The van der Waals surface area contributed by atoms with Crippen LogP contribution < -0.4 is 0 Å². The zero-order valence-electron chi connectivity index (χ0n) is 19.1. The van der Waals surface area contributed by atoms with Crippen LogP contribution in [-0.2, 0) is 24.3 Å². The molecule has 1 unspecified atom stereocenters. The van der Waals surface area contributed by atoms with Crippen LogP contribution in [0.3, 0.4) is 0 Å². The molecular formula is C26H22N6O3. The molecule has 5 heterocycles. The Labute approximate surface area is 201 Å². The van der Waals surface area contributed by atoms with Gasteiger partial charge in [0.05, 0.1) is 34.6 Å². The number of β-amino-alcohol motifs (C(OH)–C–C–N with tert-alkyl or cyclic N) is 1. The third-order valence-electron chi connectivity index (χ3n) is 6.95. The predicted octanol–water partition coefficient (Wildman–Crippen LogP) is 2.76. The monoisotopic (exact) mass is 466 g/mol. The Morgan fingerprint density at radius 1 is 1.26 bits per heavy atom. The van der Waals surface area contributed by atoms with Crippen LogP contribution in [0.1, 0.15) is 50.0 Å². The fourth-order valence-corrected chi connectivity index (χ4v) is 5.03. The van der Waals surface area contributed by atoms with E-state index < -0.39 is 6.10 Å². The molecule has 0 amide bonds. The van der Waals surface area contributed by atoms with Crippen molar-refractivity contribution in [3.05, 3.63) is 82.1 Å². The SMILES string of the molecule is Cc1c(C(O)CN2CCc3nc(-n4ccc5c(C#N)cncc54)ncc3C2)ccc2c1COC2=O. The van der Waals surface area contributed by atoms with Crippen molar-refractivity contribution in [3.63, 3.8) is 0 Å². The highest BCUT2D eigenvalue weighted by Crippen LogP contribution is 2.30. The van der Waals surface area contributed by atoms with Crippen molar-refractivity contribution in [1.82, 2.24) is 24.4 Å². The van der Waals surface area contributed by atoms with Crippen LogP contribution in [0, 0.1) is 18.3 Å². The number of cyclic esters (lactones) is 1. The first-order chi connectivity index (χ1) is 17.0. The number of hydrogen-bond acceptors (Lipinski definition) is 8. The van der Waals surface area contributed by atoms with Crippen molar-refractivity contribution in [2.45, 2.75) is 32.6 Å². The molecule has 0 saturated heterocycles. The number of aromatic nitrogens is 4. The first-order valence-electron chi connectivity index (χ1n) is 11.4. The Morgan fingerprint density at radius 3 is 3.00 bits per heavy atom. The minimum absolute atomic E-state index is 0.266. The van der Waals surface area contributed by atoms with E-state index in [-0.39, 0.29) is 12.6 Å². The van der Waals surface area contributed by atoms with Gasteiger partial charge in [0, 0.05) is 61.2 Å². The highest BCUT2D eigenvalue weighted by Gasteiger charge is 2.27. The Hall–Kier alpha value is -4.13. The summed E-state index contributed by atoms with van der Waals surface area (Å²) in [6, 6.07) is 7.62. The zero-order chi connectivity index (χ0) is 24.1. The van der Waals surface area contributed by atoms with Crippen molar-refractivity contribution in [1.29, 1.82) is 5.26 Å². The Balaban J connectivity index is 1.21. The fraction of sp³-hybridized carbons (Fsp3) is 0.269. The van der Waals surface area contributed by atoms with Crippen molar-refractivity contribution < 1.29 is 14.6 Å². The van der Waals surface area contributed by atoms with E-state index in [0.717, 1.165) is 51.8 Å². The molecule has 9 heteroatoms. The van der Waals surface area contributed by atoms with Gasteiger partial charge in [0.25, 0.3) is 0 Å². The van der Waals surface area contributed by atoms with Gasteiger partial charge in [-0.05, 0) is 30.2 Å². The van der Waals surface area contributed by atoms with E-state index in [2.05, 4.69) is 20.9 Å². The molecular weight excluding hydrogens is 444 g/mol. The molecule has 2 aliphatic heterocycles. The molecule has 174 valence electrons. The topological polar surface area (TPSA) is 117 Å². The number of carbonyl (C=O) groups excluding carboxylic acids is 1. The number of fused-ring (bicyclic) bond motifs is 3. The summed E-state index contributed by atoms with van der Waals surface area (Å²) in [6.07, 6.45) is 7.03. The number of nitrogens with zero attached hydrogens (tertiary/aromatic N) is 6. The second-order valence-corrected chi connectivity index (χ2v) is 8.94. The molecule has 4 aromatic rings. The van der Waals surface area contributed by atoms with E-state index in [1.54, 1.807) is 18.5 Å². The molecule has 0 spiro atoms. The first kappa shape index (κ1) is 21.4. The van der Waals surface area contributed by atoms with Crippen molar-refractivity contribution in [3.8, 4) is 12.0 Å². The third-order valence-corrected chi connectivity index (χ3v) is 6.95. The highest BCUT2D eigenvalue weighted by molar-refractivity contribution is 5.94. The number of esters is 1. The number of hydrogen-bond donors (Lipinski definition) is 1. The average Bonchev–Trinajstić information content (AvgIpc) is 3.48. The number of pyridine rings is 1.